The molecule has 2 aliphatic carbocycles. The lowest BCUT2D eigenvalue weighted by atomic mass is 9.75. The molecule has 2 saturated carbocycles. The standard InChI is InChI=1S/C30H37ClF4O/c1-2-3-14-36-24-12-8-20(9-13-24)5-4-19-6-10-21(11-7-19)22-15-25(32)29(26(33)16-22)23-17-27(34)30(31)28(35)18-23/h15-21,24H,2-14H2,1H3/t19?,20-,21?,24-. The molecule has 0 N–H and O–H groups in total. The highest BCUT2D eigenvalue weighted by molar-refractivity contribution is 6.31. The lowest BCUT2D eigenvalue weighted by Crippen LogP contribution is -2.23. The first-order valence-corrected chi connectivity index (χ1v) is 14.0. The van der Waals surface area contributed by atoms with E-state index in [0.29, 0.717) is 17.6 Å². The summed E-state index contributed by atoms with van der Waals surface area (Å²) < 4.78 is 63.5. The minimum Gasteiger partial charge on any atom is -0.378 e. The monoisotopic (exact) mass is 524 g/mol. The summed E-state index contributed by atoms with van der Waals surface area (Å²) in [5.41, 5.74) is 0.0112. The molecule has 0 aromatic heterocycles. The lowest BCUT2D eigenvalue weighted by Gasteiger charge is -2.32. The van der Waals surface area contributed by atoms with Crippen LogP contribution in [0.5, 0.6) is 0 Å². The molecule has 1 nitrogen and oxygen atoms in total. The molecule has 2 aliphatic rings. The van der Waals surface area contributed by atoms with Crippen LogP contribution in [0.1, 0.15) is 95.5 Å². The largest absolute Gasteiger partial charge is 0.378 e. The van der Waals surface area contributed by atoms with E-state index in [1.54, 1.807) is 0 Å². The van der Waals surface area contributed by atoms with Gasteiger partial charge < -0.3 is 4.74 Å². The Labute approximate surface area is 217 Å². The molecule has 0 bridgehead atoms. The van der Waals surface area contributed by atoms with Crippen LogP contribution in [0, 0.1) is 35.1 Å². The number of benzene rings is 2. The molecule has 36 heavy (non-hydrogen) atoms. The maximum absolute atomic E-state index is 14.9. The Morgan fingerprint density at radius 1 is 0.750 bits per heavy atom. The second kappa shape index (κ2) is 12.8. The van der Waals surface area contributed by atoms with Crippen molar-refractivity contribution in [2.75, 3.05) is 6.61 Å². The van der Waals surface area contributed by atoms with Crippen LogP contribution in [0.2, 0.25) is 5.02 Å². The van der Waals surface area contributed by atoms with E-state index in [1.807, 2.05) is 0 Å². The van der Waals surface area contributed by atoms with E-state index >= 15 is 0 Å². The van der Waals surface area contributed by atoms with E-state index < -0.39 is 33.9 Å². The molecule has 2 aromatic carbocycles. The molecule has 0 unspecified atom stereocenters. The second-order valence-electron chi connectivity index (χ2n) is 10.8. The van der Waals surface area contributed by atoms with Gasteiger partial charge in [0.2, 0.25) is 0 Å². The zero-order valence-electron chi connectivity index (χ0n) is 21.1. The molecule has 0 amide bonds. The Hall–Kier alpha value is -1.59. The third kappa shape index (κ3) is 6.83. The minimum absolute atomic E-state index is 0.105. The topological polar surface area (TPSA) is 9.23 Å². The van der Waals surface area contributed by atoms with Gasteiger partial charge in [-0.25, -0.2) is 17.6 Å². The van der Waals surface area contributed by atoms with Crippen molar-refractivity contribution in [3.8, 4) is 11.1 Å². The number of hydrogen-bond donors (Lipinski definition) is 0. The summed E-state index contributed by atoms with van der Waals surface area (Å²) in [7, 11) is 0. The van der Waals surface area contributed by atoms with Crippen LogP contribution in [-0.4, -0.2) is 12.7 Å². The third-order valence-electron chi connectivity index (χ3n) is 8.28. The van der Waals surface area contributed by atoms with Gasteiger partial charge in [0, 0.05) is 6.61 Å². The average molecular weight is 525 g/mol. The van der Waals surface area contributed by atoms with Gasteiger partial charge >= 0.3 is 0 Å². The van der Waals surface area contributed by atoms with E-state index in [4.69, 9.17) is 16.3 Å². The molecule has 2 fully saturated rings. The Bertz CT molecular complexity index is 964. The molecule has 0 aliphatic heterocycles. The predicted octanol–water partition coefficient (Wildman–Crippen LogP) is 9.99. The van der Waals surface area contributed by atoms with Crippen molar-refractivity contribution in [1.29, 1.82) is 0 Å². The van der Waals surface area contributed by atoms with Gasteiger partial charge in [-0.3, -0.25) is 0 Å². The van der Waals surface area contributed by atoms with Gasteiger partial charge in [-0.2, -0.15) is 0 Å². The number of rotatable bonds is 9. The van der Waals surface area contributed by atoms with Crippen molar-refractivity contribution in [2.24, 2.45) is 11.8 Å². The third-order valence-corrected chi connectivity index (χ3v) is 8.64. The fourth-order valence-corrected chi connectivity index (χ4v) is 6.15. The number of hydrogen-bond acceptors (Lipinski definition) is 1. The maximum atomic E-state index is 14.9. The van der Waals surface area contributed by atoms with Gasteiger partial charge in [0.25, 0.3) is 0 Å². The first kappa shape index (κ1) is 27.4. The lowest BCUT2D eigenvalue weighted by molar-refractivity contribution is 0.0151. The highest BCUT2D eigenvalue weighted by Crippen LogP contribution is 2.41. The summed E-state index contributed by atoms with van der Waals surface area (Å²) in [5, 5.41) is -0.683. The van der Waals surface area contributed by atoms with Crippen LogP contribution < -0.4 is 0 Å². The van der Waals surface area contributed by atoms with Crippen molar-refractivity contribution in [3.63, 3.8) is 0 Å². The molecular formula is C30H37ClF4O. The number of halogens is 5. The normalized spacial score (nSPS) is 24.7. The van der Waals surface area contributed by atoms with Crippen molar-refractivity contribution in [2.45, 2.75) is 96.0 Å². The van der Waals surface area contributed by atoms with Crippen molar-refractivity contribution in [1.82, 2.24) is 0 Å². The fraction of sp³-hybridized carbons (Fsp3) is 0.600. The van der Waals surface area contributed by atoms with Crippen molar-refractivity contribution >= 4 is 11.6 Å². The first-order chi connectivity index (χ1) is 17.4. The fourth-order valence-electron chi connectivity index (χ4n) is 6.04. The van der Waals surface area contributed by atoms with Gasteiger partial charge in [-0.05, 0) is 111 Å². The number of unbranched alkanes of at least 4 members (excludes halogenated alkanes) is 1. The smallest absolute Gasteiger partial charge is 0.145 e. The zero-order valence-corrected chi connectivity index (χ0v) is 21.9. The van der Waals surface area contributed by atoms with Gasteiger partial charge in [0.05, 0.1) is 11.7 Å². The summed E-state index contributed by atoms with van der Waals surface area (Å²) in [6.45, 7) is 3.08. The Morgan fingerprint density at radius 3 is 1.81 bits per heavy atom. The van der Waals surface area contributed by atoms with Crippen LogP contribution in [0.25, 0.3) is 11.1 Å². The van der Waals surface area contributed by atoms with Crippen molar-refractivity contribution < 1.29 is 22.3 Å². The highest BCUT2D eigenvalue weighted by Gasteiger charge is 2.27. The second-order valence-corrected chi connectivity index (χ2v) is 11.2. The van der Waals surface area contributed by atoms with E-state index in [9.17, 15) is 17.6 Å². The van der Waals surface area contributed by atoms with Crippen LogP contribution in [0.4, 0.5) is 17.6 Å². The summed E-state index contributed by atoms with van der Waals surface area (Å²) in [6, 6.07) is 4.39. The summed E-state index contributed by atoms with van der Waals surface area (Å²) in [6.07, 6.45) is 14.1. The van der Waals surface area contributed by atoms with Gasteiger partial charge in [-0.15, -0.1) is 0 Å². The van der Waals surface area contributed by atoms with E-state index in [1.165, 1.54) is 57.1 Å². The Kier molecular flexibility index (Phi) is 9.74. The Balaban J connectivity index is 1.27. The predicted molar refractivity (Wildman–Crippen MR) is 137 cm³/mol. The molecule has 6 heteroatoms. The molecular weight excluding hydrogens is 488 g/mol. The van der Waals surface area contributed by atoms with E-state index in [2.05, 4.69) is 6.92 Å². The molecule has 0 saturated heterocycles. The highest BCUT2D eigenvalue weighted by atomic mass is 35.5. The summed E-state index contributed by atoms with van der Waals surface area (Å²) >= 11 is 5.51. The molecule has 198 valence electrons. The summed E-state index contributed by atoms with van der Waals surface area (Å²) in [5.74, 6) is -2.11. The van der Waals surface area contributed by atoms with E-state index in [0.717, 1.165) is 56.8 Å². The molecule has 0 heterocycles. The van der Waals surface area contributed by atoms with Gasteiger partial charge in [0.15, 0.2) is 0 Å². The molecule has 0 atom stereocenters. The van der Waals surface area contributed by atoms with Gasteiger partial charge in [-0.1, -0.05) is 37.8 Å². The quantitative estimate of drug-likeness (QED) is 0.180. The summed E-state index contributed by atoms with van der Waals surface area (Å²) in [4.78, 5) is 0. The molecule has 0 spiro atoms. The Morgan fingerprint density at radius 2 is 1.28 bits per heavy atom. The average Bonchev–Trinajstić information content (AvgIpc) is 2.87. The maximum Gasteiger partial charge on any atom is 0.145 e. The van der Waals surface area contributed by atoms with Crippen LogP contribution >= 0.6 is 11.6 Å². The molecule has 4 rings (SSSR count). The minimum atomic E-state index is -1.04. The van der Waals surface area contributed by atoms with Crippen LogP contribution in [0.3, 0.4) is 0 Å². The SMILES string of the molecule is CCCCO[C@H]1CC[C@H](CCC2CCC(c3cc(F)c(-c4cc(F)c(Cl)c(F)c4)c(F)c3)CC2)CC1. The van der Waals surface area contributed by atoms with Crippen molar-refractivity contribution in [3.05, 3.63) is 58.1 Å². The molecule has 0 radical (unpaired) electrons. The zero-order chi connectivity index (χ0) is 25.7. The van der Waals surface area contributed by atoms with E-state index in [-0.39, 0.29) is 11.5 Å². The van der Waals surface area contributed by atoms with Crippen LogP contribution in [0.15, 0.2) is 24.3 Å². The van der Waals surface area contributed by atoms with Gasteiger partial charge in [0.1, 0.15) is 28.3 Å². The van der Waals surface area contributed by atoms with Crippen LogP contribution in [-0.2, 0) is 4.74 Å². The molecule has 2 aromatic rings. The number of ether oxygens (including phenoxy) is 1. The first-order valence-electron chi connectivity index (χ1n) is 13.6.